The predicted molar refractivity (Wildman–Crippen MR) is 210 cm³/mol. The van der Waals surface area contributed by atoms with Crippen molar-refractivity contribution in [1.82, 2.24) is 5.32 Å². The summed E-state index contributed by atoms with van der Waals surface area (Å²) in [6.45, 7) is 4.57. The molecule has 8 nitrogen and oxygen atoms in total. The molecule has 0 heterocycles. The number of phosphoric ester groups is 1. The minimum atomic E-state index is -4.59. The standard InChI is InChI=1S/C41H79N2O6P/c1-6-8-10-12-14-16-18-20-21-23-25-27-29-31-33-35-41(45)42-39(38-49-50(46,47)48-37-36-43(3,4)5)40(44)34-32-30-28-26-24-22-19-17-15-13-11-9-7-2/h15,17,24,26,32,34,39-40,44H,6-14,16,18-23,25,27-31,33,35-38H2,1-5H3,(H-,42,45,46,47)/b17-15+,26-24+,34-32+. The Morgan fingerprint density at radius 2 is 1.12 bits per heavy atom. The number of quaternary nitrogens is 1. The number of aliphatic hydroxyl groups is 1. The fraction of sp³-hybridized carbons (Fsp3) is 0.829. The lowest BCUT2D eigenvalue weighted by Gasteiger charge is -2.29. The van der Waals surface area contributed by atoms with Gasteiger partial charge >= 0.3 is 0 Å². The van der Waals surface area contributed by atoms with E-state index in [4.69, 9.17) is 9.05 Å². The van der Waals surface area contributed by atoms with Gasteiger partial charge in [0.25, 0.3) is 7.82 Å². The van der Waals surface area contributed by atoms with Crippen molar-refractivity contribution in [2.45, 2.75) is 180 Å². The van der Waals surface area contributed by atoms with Crippen LogP contribution in [0.15, 0.2) is 36.5 Å². The van der Waals surface area contributed by atoms with E-state index in [1.165, 1.54) is 96.3 Å². The molecule has 0 spiro atoms. The third-order valence-corrected chi connectivity index (χ3v) is 9.79. The molecule has 9 heteroatoms. The van der Waals surface area contributed by atoms with Gasteiger partial charge in [-0.15, -0.1) is 0 Å². The van der Waals surface area contributed by atoms with E-state index in [2.05, 4.69) is 43.5 Å². The first-order valence-corrected chi connectivity index (χ1v) is 21.8. The summed E-state index contributed by atoms with van der Waals surface area (Å²) in [5.74, 6) is -0.213. The maximum atomic E-state index is 12.8. The summed E-state index contributed by atoms with van der Waals surface area (Å²) in [7, 11) is 1.23. The Morgan fingerprint density at radius 3 is 1.62 bits per heavy atom. The summed E-state index contributed by atoms with van der Waals surface area (Å²) < 4.78 is 23.1. The minimum absolute atomic E-state index is 0.00822. The Kier molecular flexibility index (Phi) is 32.7. The number of phosphoric acid groups is 1. The Hall–Kier alpha value is -1.28. The van der Waals surface area contributed by atoms with Gasteiger partial charge in [-0.2, -0.15) is 0 Å². The zero-order valence-corrected chi connectivity index (χ0v) is 34.0. The Morgan fingerprint density at radius 1 is 0.680 bits per heavy atom. The van der Waals surface area contributed by atoms with Gasteiger partial charge in [-0.3, -0.25) is 9.36 Å². The normalized spacial score (nSPS) is 14.9. The highest BCUT2D eigenvalue weighted by molar-refractivity contribution is 7.45. The number of likely N-dealkylation sites (N-methyl/N-ethyl adjacent to an activating group) is 1. The number of nitrogens with one attached hydrogen (secondary N) is 1. The van der Waals surface area contributed by atoms with Crippen LogP contribution in [0.2, 0.25) is 0 Å². The van der Waals surface area contributed by atoms with Crippen molar-refractivity contribution in [3.05, 3.63) is 36.5 Å². The van der Waals surface area contributed by atoms with Crippen molar-refractivity contribution >= 4 is 13.7 Å². The lowest BCUT2D eigenvalue weighted by molar-refractivity contribution is -0.870. The number of allylic oxidation sites excluding steroid dienone is 5. The minimum Gasteiger partial charge on any atom is -0.756 e. The Balaban J connectivity index is 4.54. The van der Waals surface area contributed by atoms with Crippen molar-refractivity contribution in [3.8, 4) is 0 Å². The van der Waals surface area contributed by atoms with E-state index < -0.39 is 26.6 Å². The molecule has 0 aliphatic heterocycles. The van der Waals surface area contributed by atoms with Crippen molar-refractivity contribution in [3.63, 3.8) is 0 Å². The summed E-state index contributed by atoms with van der Waals surface area (Å²) in [5, 5.41) is 13.7. The number of unbranched alkanes of at least 4 members (excludes halogenated alkanes) is 19. The fourth-order valence-electron chi connectivity index (χ4n) is 5.54. The lowest BCUT2D eigenvalue weighted by atomic mass is 10.0. The molecule has 0 aromatic heterocycles. The van der Waals surface area contributed by atoms with Gasteiger partial charge in [-0.1, -0.05) is 153 Å². The van der Waals surface area contributed by atoms with Crippen LogP contribution < -0.4 is 10.2 Å². The van der Waals surface area contributed by atoms with Gasteiger partial charge in [0.05, 0.1) is 39.9 Å². The fourth-order valence-corrected chi connectivity index (χ4v) is 6.26. The van der Waals surface area contributed by atoms with Gasteiger partial charge in [0.15, 0.2) is 0 Å². The van der Waals surface area contributed by atoms with Crippen LogP contribution in [0.25, 0.3) is 0 Å². The van der Waals surface area contributed by atoms with Gasteiger partial charge < -0.3 is 28.8 Å². The van der Waals surface area contributed by atoms with Crippen LogP contribution in [0, 0.1) is 0 Å². The second-order valence-corrected chi connectivity index (χ2v) is 16.4. The number of hydrogen-bond acceptors (Lipinski definition) is 6. The Labute approximate surface area is 308 Å². The lowest BCUT2D eigenvalue weighted by Crippen LogP contribution is -2.45. The van der Waals surface area contributed by atoms with Gasteiger partial charge in [-0.05, 0) is 44.9 Å². The molecule has 2 N–H and O–H groups in total. The molecule has 0 bridgehead atoms. The molecule has 0 rings (SSSR count). The summed E-state index contributed by atoms with van der Waals surface area (Å²) in [6.07, 6.45) is 39.0. The van der Waals surface area contributed by atoms with E-state index in [9.17, 15) is 19.4 Å². The maximum Gasteiger partial charge on any atom is 0.268 e. The SMILES string of the molecule is CCCCC/C=C/CC/C=C/CC/C=C/C(O)C(COP(=O)([O-])OCC[N+](C)(C)C)NC(=O)CCCCCCCCCCCCCCCCC. The summed E-state index contributed by atoms with van der Waals surface area (Å²) >= 11 is 0. The maximum absolute atomic E-state index is 12.8. The van der Waals surface area contributed by atoms with Crippen molar-refractivity contribution < 1.29 is 32.9 Å². The topological polar surface area (TPSA) is 108 Å². The molecular formula is C41H79N2O6P. The van der Waals surface area contributed by atoms with Crippen LogP contribution in [-0.4, -0.2) is 68.5 Å². The second kappa shape index (κ2) is 33.5. The van der Waals surface area contributed by atoms with Crippen molar-refractivity contribution in [1.29, 1.82) is 0 Å². The van der Waals surface area contributed by atoms with Crippen LogP contribution >= 0.6 is 7.82 Å². The number of nitrogens with zero attached hydrogens (tertiary/aromatic N) is 1. The number of carbonyl (C=O) groups excluding carboxylic acids is 1. The zero-order chi connectivity index (χ0) is 37.2. The van der Waals surface area contributed by atoms with Crippen LogP contribution in [0.1, 0.15) is 168 Å². The molecule has 1 amide bonds. The van der Waals surface area contributed by atoms with E-state index in [-0.39, 0.29) is 12.5 Å². The summed E-state index contributed by atoms with van der Waals surface area (Å²) in [5.41, 5.74) is 0. The molecular weight excluding hydrogens is 647 g/mol. The third-order valence-electron chi connectivity index (χ3n) is 8.83. The van der Waals surface area contributed by atoms with Gasteiger partial charge in [0, 0.05) is 6.42 Å². The number of hydrogen-bond donors (Lipinski definition) is 2. The monoisotopic (exact) mass is 727 g/mol. The number of aliphatic hydroxyl groups excluding tert-OH is 1. The van der Waals surface area contributed by atoms with E-state index >= 15 is 0 Å². The number of rotatable bonds is 36. The van der Waals surface area contributed by atoms with Crippen molar-refractivity contribution in [2.24, 2.45) is 0 Å². The van der Waals surface area contributed by atoms with E-state index in [1.807, 2.05) is 27.2 Å². The molecule has 0 saturated carbocycles. The Bertz CT molecular complexity index is 917. The van der Waals surface area contributed by atoms with Gasteiger partial charge in [0.2, 0.25) is 5.91 Å². The molecule has 0 aromatic rings. The molecule has 294 valence electrons. The molecule has 0 fully saturated rings. The molecule has 3 atom stereocenters. The molecule has 0 aromatic carbocycles. The first-order valence-electron chi connectivity index (χ1n) is 20.4. The second-order valence-electron chi connectivity index (χ2n) is 15.0. The molecule has 0 saturated heterocycles. The van der Waals surface area contributed by atoms with Crippen LogP contribution in [0.4, 0.5) is 0 Å². The molecule has 0 aliphatic rings. The number of amides is 1. The zero-order valence-electron chi connectivity index (χ0n) is 33.1. The van der Waals surface area contributed by atoms with Crippen LogP contribution in [0.5, 0.6) is 0 Å². The summed E-state index contributed by atoms with van der Waals surface area (Å²) in [4.78, 5) is 25.2. The smallest absolute Gasteiger partial charge is 0.268 e. The highest BCUT2D eigenvalue weighted by Crippen LogP contribution is 2.38. The highest BCUT2D eigenvalue weighted by Gasteiger charge is 2.23. The predicted octanol–water partition coefficient (Wildman–Crippen LogP) is 10.1. The summed E-state index contributed by atoms with van der Waals surface area (Å²) in [6, 6.07) is -0.904. The first-order chi connectivity index (χ1) is 24.0. The highest BCUT2D eigenvalue weighted by atomic mass is 31.2. The van der Waals surface area contributed by atoms with E-state index in [1.54, 1.807) is 6.08 Å². The average Bonchev–Trinajstić information content (AvgIpc) is 3.06. The van der Waals surface area contributed by atoms with Crippen molar-refractivity contribution in [2.75, 3.05) is 40.9 Å². The quantitative estimate of drug-likeness (QED) is 0.0288. The van der Waals surface area contributed by atoms with Gasteiger partial charge in [-0.25, -0.2) is 0 Å². The van der Waals surface area contributed by atoms with Gasteiger partial charge in [0.1, 0.15) is 13.2 Å². The van der Waals surface area contributed by atoms with E-state index in [0.29, 0.717) is 17.4 Å². The molecule has 3 unspecified atom stereocenters. The molecule has 0 aliphatic carbocycles. The first kappa shape index (κ1) is 48.7. The third kappa shape index (κ3) is 35.1. The molecule has 50 heavy (non-hydrogen) atoms. The number of carbonyl (C=O) groups is 1. The van der Waals surface area contributed by atoms with Crippen LogP contribution in [-0.2, 0) is 18.4 Å². The average molecular weight is 727 g/mol. The molecule has 0 radical (unpaired) electrons. The van der Waals surface area contributed by atoms with E-state index in [0.717, 1.165) is 51.4 Å². The van der Waals surface area contributed by atoms with Crippen LogP contribution in [0.3, 0.4) is 0 Å². The largest absolute Gasteiger partial charge is 0.756 e.